The van der Waals surface area contributed by atoms with Gasteiger partial charge in [-0.05, 0) is 67.4 Å². The molecule has 0 aliphatic heterocycles. The minimum Gasteiger partial charge on any atom is -0.489 e. The number of allylic oxidation sites excluding steroid dienone is 2. The van der Waals surface area contributed by atoms with E-state index in [0.717, 1.165) is 11.6 Å². The lowest BCUT2D eigenvalue weighted by atomic mass is 10.1. The smallest absolute Gasteiger partial charge is 0.337 e. The second-order valence-electron chi connectivity index (χ2n) is 6.12. The van der Waals surface area contributed by atoms with Crippen LogP contribution in [0.5, 0.6) is 5.75 Å². The highest BCUT2D eigenvalue weighted by Gasteiger charge is 2.08. The molecule has 0 bridgehead atoms. The number of ether oxygens (including phenoxy) is 2. The number of nitrogens with two attached hydrogens (primary N) is 2. The summed E-state index contributed by atoms with van der Waals surface area (Å²) < 4.78 is 35.2. The van der Waals surface area contributed by atoms with Gasteiger partial charge in [0.25, 0.3) is 0 Å². The number of rotatable bonds is 6. The van der Waals surface area contributed by atoms with Crippen molar-refractivity contribution in [1.82, 2.24) is 0 Å². The fourth-order valence-corrected chi connectivity index (χ4v) is 2.08. The molecule has 0 unspecified atom stereocenters. The minimum atomic E-state index is -0.825. The maximum atomic E-state index is 12.9. The first kappa shape index (κ1) is 28.3. The van der Waals surface area contributed by atoms with E-state index in [0.29, 0.717) is 17.5 Å². The number of aryl methyl sites for hydroxylation is 2. The Morgan fingerprint density at radius 2 is 1.62 bits per heavy atom. The molecule has 32 heavy (non-hydrogen) atoms. The summed E-state index contributed by atoms with van der Waals surface area (Å²) >= 11 is 0. The highest BCUT2D eigenvalue weighted by Crippen LogP contribution is 2.13. The molecule has 1 amide bonds. The molecule has 0 fully saturated rings. The SMILES string of the molecule is CC.COC(=O)c1ccc(C)c(C)c1.N/C=C(F)\C=C(/COc1ccc(F)cc1)C(N)=O. The number of carbonyl (C=O) groups is 2. The molecule has 2 rings (SSSR count). The molecular formula is C24H30F2N2O4. The van der Waals surface area contributed by atoms with E-state index in [9.17, 15) is 18.4 Å². The molecule has 2 aromatic carbocycles. The van der Waals surface area contributed by atoms with Gasteiger partial charge in [0, 0.05) is 6.20 Å². The van der Waals surface area contributed by atoms with Gasteiger partial charge >= 0.3 is 5.97 Å². The lowest BCUT2D eigenvalue weighted by Crippen LogP contribution is -2.19. The molecule has 2 aromatic rings. The van der Waals surface area contributed by atoms with Crippen LogP contribution in [-0.4, -0.2) is 25.6 Å². The number of primary amides is 1. The van der Waals surface area contributed by atoms with Gasteiger partial charge in [0.05, 0.1) is 18.2 Å². The summed E-state index contributed by atoms with van der Waals surface area (Å²) in [5, 5.41) is 0. The van der Waals surface area contributed by atoms with Crippen LogP contribution in [0, 0.1) is 19.7 Å². The Kier molecular flexibility index (Phi) is 13.4. The van der Waals surface area contributed by atoms with E-state index in [2.05, 4.69) is 4.74 Å². The van der Waals surface area contributed by atoms with Gasteiger partial charge in [0.15, 0.2) is 0 Å². The van der Waals surface area contributed by atoms with Gasteiger partial charge in [0.1, 0.15) is 24.0 Å². The van der Waals surface area contributed by atoms with E-state index in [-0.39, 0.29) is 18.1 Å². The van der Waals surface area contributed by atoms with Crippen molar-refractivity contribution in [3.8, 4) is 5.75 Å². The third-order valence-corrected chi connectivity index (χ3v) is 3.92. The third kappa shape index (κ3) is 10.4. The van der Waals surface area contributed by atoms with Crippen molar-refractivity contribution in [2.75, 3.05) is 13.7 Å². The van der Waals surface area contributed by atoms with Crippen LogP contribution in [0.4, 0.5) is 8.78 Å². The summed E-state index contributed by atoms with van der Waals surface area (Å²) in [5.41, 5.74) is 12.8. The molecule has 0 saturated heterocycles. The van der Waals surface area contributed by atoms with Crippen LogP contribution in [0.25, 0.3) is 0 Å². The largest absolute Gasteiger partial charge is 0.489 e. The minimum absolute atomic E-state index is 0.0847. The summed E-state index contributed by atoms with van der Waals surface area (Å²) in [6.07, 6.45) is 1.58. The molecule has 0 heterocycles. The normalized spacial score (nSPS) is 10.7. The summed E-state index contributed by atoms with van der Waals surface area (Å²) in [4.78, 5) is 22.1. The Balaban J connectivity index is 0.000000595. The maximum absolute atomic E-state index is 12.9. The Labute approximate surface area is 187 Å². The fraction of sp³-hybridized carbons (Fsp3) is 0.250. The zero-order valence-corrected chi connectivity index (χ0v) is 18.9. The molecule has 0 saturated carbocycles. The standard InChI is InChI=1S/C12H12F2N2O2.C10H12O2.C2H6/c13-9-1-3-11(4-2-9)18-7-8(12(16)17)5-10(14)6-15;1-7-4-5-9(6-8(7)2)10(11)12-3;1-2/h1-6H,7,15H2,(H2,16,17);4-6H,1-3H3;1-2H3/b8-5+,10-6+;;. The van der Waals surface area contributed by atoms with Gasteiger partial charge in [-0.25, -0.2) is 13.6 Å². The van der Waals surface area contributed by atoms with Crippen molar-refractivity contribution < 1.29 is 27.8 Å². The highest BCUT2D eigenvalue weighted by atomic mass is 19.1. The summed E-state index contributed by atoms with van der Waals surface area (Å²) in [5.74, 6) is -1.98. The molecule has 0 spiro atoms. The average Bonchev–Trinajstić information content (AvgIpc) is 2.80. The lowest BCUT2D eigenvalue weighted by molar-refractivity contribution is -0.114. The number of halogens is 2. The highest BCUT2D eigenvalue weighted by molar-refractivity contribution is 5.92. The first-order chi connectivity index (χ1) is 15.2. The monoisotopic (exact) mass is 448 g/mol. The van der Waals surface area contributed by atoms with Crippen LogP contribution < -0.4 is 16.2 Å². The molecule has 0 aliphatic rings. The van der Waals surface area contributed by atoms with Crippen LogP contribution in [0.3, 0.4) is 0 Å². The average molecular weight is 449 g/mol. The number of benzene rings is 2. The van der Waals surface area contributed by atoms with E-state index in [4.69, 9.17) is 16.2 Å². The fourth-order valence-electron chi connectivity index (χ4n) is 2.08. The molecule has 0 aromatic heterocycles. The van der Waals surface area contributed by atoms with Crippen molar-refractivity contribution in [2.24, 2.45) is 11.5 Å². The Bertz CT molecular complexity index is 940. The molecule has 6 nitrogen and oxygen atoms in total. The van der Waals surface area contributed by atoms with E-state index in [1.165, 1.54) is 36.9 Å². The van der Waals surface area contributed by atoms with Gasteiger partial charge < -0.3 is 20.9 Å². The van der Waals surface area contributed by atoms with Gasteiger partial charge in [0.2, 0.25) is 5.91 Å². The number of hydrogen-bond donors (Lipinski definition) is 2. The Morgan fingerprint density at radius 1 is 1.03 bits per heavy atom. The van der Waals surface area contributed by atoms with Crippen LogP contribution in [0.2, 0.25) is 0 Å². The van der Waals surface area contributed by atoms with Gasteiger partial charge in [-0.2, -0.15) is 0 Å². The first-order valence-corrected chi connectivity index (χ1v) is 9.79. The lowest BCUT2D eigenvalue weighted by Gasteiger charge is -2.07. The summed E-state index contributed by atoms with van der Waals surface area (Å²) in [6.45, 7) is 7.75. The number of amides is 1. The summed E-state index contributed by atoms with van der Waals surface area (Å²) in [7, 11) is 1.39. The zero-order chi connectivity index (χ0) is 24.7. The van der Waals surface area contributed by atoms with Crippen molar-refractivity contribution in [2.45, 2.75) is 27.7 Å². The van der Waals surface area contributed by atoms with Crippen molar-refractivity contribution in [3.05, 3.63) is 88.6 Å². The quantitative estimate of drug-likeness (QED) is 0.385. The Hall–Kier alpha value is -3.68. The Morgan fingerprint density at radius 3 is 2.09 bits per heavy atom. The van der Waals surface area contributed by atoms with Crippen molar-refractivity contribution in [3.63, 3.8) is 0 Å². The third-order valence-electron chi connectivity index (χ3n) is 3.92. The van der Waals surface area contributed by atoms with Gasteiger partial charge in [-0.3, -0.25) is 4.79 Å². The number of esters is 1. The molecule has 0 atom stereocenters. The van der Waals surface area contributed by atoms with Crippen LogP contribution >= 0.6 is 0 Å². The predicted octanol–water partition coefficient (Wildman–Crippen LogP) is 4.50. The molecular weight excluding hydrogens is 418 g/mol. The topological polar surface area (TPSA) is 105 Å². The number of carbonyl (C=O) groups excluding carboxylic acids is 2. The second kappa shape index (κ2) is 15.2. The van der Waals surface area contributed by atoms with E-state index in [1.807, 2.05) is 39.8 Å². The molecule has 174 valence electrons. The summed E-state index contributed by atoms with van der Waals surface area (Å²) in [6, 6.07) is 10.7. The van der Waals surface area contributed by atoms with Crippen molar-refractivity contribution in [1.29, 1.82) is 0 Å². The maximum Gasteiger partial charge on any atom is 0.337 e. The van der Waals surface area contributed by atoms with Gasteiger partial charge in [-0.1, -0.05) is 19.9 Å². The van der Waals surface area contributed by atoms with E-state index < -0.39 is 17.6 Å². The van der Waals surface area contributed by atoms with Crippen LogP contribution in [-0.2, 0) is 9.53 Å². The van der Waals surface area contributed by atoms with Crippen molar-refractivity contribution >= 4 is 11.9 Å². The number of hydrogen-bond acceptors (Lipinski definition) is 5. The van der Waals surface area contributed by atoms with Crippen LogP contribution in [0.15, 0.2) is 66.1 Å². The molecule has 4 N–H and O–H groups in total. The second-order valence-corrected chi connectivity index (χ2v) is 6.12. The van der Waals surface area contributed by atoms with E-state index >= 15 is 0 Å². The van der Waals surface area contributed by atoms with E-state index in [1.54, 1.807) is 6.07 Å². The molecule has 0 radical (unpaired) electrons. The predicted molar refractivity (Wildman–Crippen MR) is 121 cm³/mol. The number of methoxy groups -OCH3 is 1. The first-order valence-electron chi connectivity index (χ1n) is 9.79. The molecule has 0 aliphatic carbocycles. The van der Waals surface area contributed by atoms with Gasteiger partial charge in [-0.15, -0.1) is 0 Å². The zero-order valence-electron chi connectivity index (χ0n) is 18.9. The molecule has 8 heteroatoms. The van der Waals surface area contributed by atoms with Crippen LogP contribution in [0.1, 0.15) is 35.3 Å².